The molecule has 1 saturated heterocycles. The van der Waals surface area contributed by atoms with E-state index in [1.165, 1.54) is 0 Å². The number of rotatable bonds is 7. The van der Waals surface area contributed by atoms with Gasteiger partial charge in [-0.2, -0.15) is 0 Å². The third-order valence-corrected chi connectivity index (χ3v) is 3.73. The van der Waals surface area contributed by atoms with Gasteiger partial charge in [0.2, 0.25) is 0 Å². The number of carbonyl (C=O) groups excluding carboxylic acids is 2. The average Bonchev–Trinajstić information content (AvgIpc) is 2.95. The fraction of sp³-hybridized carbons (Fsp3) is 0.529. The summed E-state index contributed by atoms with van der Waals surface area (Å²) in [6, 6.07) is 8.80. The lowest BCUT2D eigenvalue weighted by Gasteiger charge is -2.24. The number of ketones is 1. The van der Waals surface area contributed by atoms with E-state index in [9.17, 15) is 9.59 Å². The second-order valence-electron chi connectivity index (χ2n) is 5.40. The van der Waals surface area contributed by atoms with Crippen molar-refractivity contribution in [2.24, 2.45) is 5.92 Å². The van der Waals surface area contributed by atoms with E-state index in [2.05, 4.69) is 0 Å². The zero-order valence-corrected chi connectivity index (χ0v) is 13.0. The first kappa shape index (κ1) is 16.6. The summed E-state index contributed by atoms with van der Waals surface area (Å²) in [6.07, 6.45) is 0.804. The lowest BCUT2D eigenvalue weighted by molar-refractivity contribution is -0.155. The maximum absolute atomic E-state index is 12.6. The van der Waals surface area contributed by atoms with Crippen molar-refractivity contribution in [2.45, 2.75) is 32.5 Å². The molecule has 1 aromatic rings. The van der Waals surface area contributed by atoms with Crippen LogP contribution in [0.25, 0.3) is 0 Å². The third kappa shape index (κ3) is 4.15. The molecule has 1 heterocycles. The molecule has 0 N–H and O–H groups in total. The molecule has 0 aliphatic carbocycles. The minimum absolute atomic E-state index is 0.222. The molecule has 0 amide bonds. The number of Topliss-reactive ketones (excluding diaryl/α,β-unsaturated/α-hetero) is 1. The first-order valence-electron chi connectivity index (χ1n) is 7.59. The maximum Gasteiger partial charge on any atom is 0.316 e. The van der Waals surface area contributed by atoms with Gasteiger partial charge in [-0.3, -0.25) is 9.59 Å². The molecule has 1 aliphatic rings. The Labute approximate surface area is 130 Å². The van der Waals surface area contributed by atoms with Gasteiger partial charge in [-0.15, -0.1) is 0 Å². The summed E-state index contributed by atoms with van der Waals surface area (Å²) in [4.78, 5) is 24.7. The third-order valence-electron chi connectivity index (χ3n) is 3.73. The number of hydrogen-bond acceptors (Lipinski definition) is 5. The Kier molecular flexibility index (Phi) is 5.69. The Morgan fingerprint density at radius 2 is 1.86 bits per heavy atom. The minimum atomic E-state index is -0.827. The van der Waals surface area contributed by atoms with Gasteiger partial charge >= 0.3 is 5.97 Å². The highest BCUT2D eigenvalue weighted by Crippen LogP contribution is 2.28. The molecule has 120 valence electrons. The Bertz CT molecular complexity index is 505. The molecule has 1 aliphatic heterocycles. The summed E-state index contributed by atoms with van der Waals surface area (Å²) in [5.74, 6) is -2.26. The topological polar surface area (TPSA) is 61.8 Å². The molecule has 5 heteroatoms. The number of benzene rings is 1. The van der Waals surface area contributed by atoms with E-state index in [-0.39, 0.29) is 12.4 Å². The smallest absolute Gasteiger partial charge is 0.316 e. The Balaban J connectivity index is 2.08. The number of esters is 1. The average molecular weight is 306 g/mol. The van der Waals surface area contributed by atoms with Gasteiger partial charge in [-0.25, -0.2) is 0 Å². The summed E-state index contributed by atoms with van der Waals surface area (Å²) in [5, 5.41) is 0. The van der Waals surface area contributed by atoms with E-state index in [0.717, 1.165) is 0 Å². The van der Waals surface area contributed by atoms with Crippen LogP contribution in [0.1, 0.15) is 37.0 Å². The SMILES string of the molecule is CCOC(=O)C(CCC1(C)OCCO1)C(=O)c1ccccc1. The zero-order chi connectivity index (χ0) is 16.0. The highest BCUT2D eigenvalue weighted by atomic mass is 16.7. The van der Waals surface area contributed by atoms with Gasteiger partial charge in [-0.05, 0) is 20.3 Å². The molecule has 1 fully saturated rings. The van der Waals surface area contributed by atoms with Crippen LogP contribution in [0.15, 0.2) is 30.3 Å². The first-order chi connectivity index (χ1) is 10.6. The van der Waals surface area contributed by atoms with Crippen molar-refractivity contribution in [3.05, 3.63) is 35.9 Å². The molecule has 0 spiro atoms. The molecule has 0 bridgehead atoms. The highest BCUT2D eigenvalue weighted by Gasteiger charge is 2.35. The van der Waals surface area contributed by atoms with E-state index in [1.807, 2.05) is 13.0 Å². The van der Waals surface area contributed by atoms with Crippen LogP contribution < -0.4 is 0 Å². The van der Waals surface area contributed by atoms with Gasteiger partial charge in [0, 0.05) is 12.0 Å². The normalized spacial score (nSPS) is 17.9. The van der Waals surface area contributed by atoms with Crippen molar-refractivity contribution in [3.63, 3.8) is 0 Å². The van der Waals surface area contributed by atoms with Gasteiger partial charge in [0.15, 0.2) is 11.6 Å². The van der Waals surface area contributed by atoms with Gasteiger partial charge in [-0.1, -0.05) is 30.3 Å². The molecular formula is C17H22O5. The van der Waals surface area contributed by atoms with Crippen LogP contribution in [0.5, 0.6) is 0 Å². The zero-order valence-electron chi connectivity index (χ0n) is 13.0. The fourth-order valence-corrected chi connectivity index (χ4v) is 2.51. The van der Waals surface area contributed by atoms with Crippen LogP contribution in [0.3, 0.4) is 0 Å². The molecule has 0 aromatic heterocycles. The van der Waals surface area contributed by atoms with Gasteiger partial charge < -0.3 is 14.2 Å². The first-order valence-corrected chi connectivity index (χ1v) is 7.59. The lowest BCUT2D eigenvalue weighted by atomic mass is 9.91. The van der Waals surface area contributed by atoms with E-state index in [0.29, 0.717) is 31.6 Å². The largest absolute Gasteiger partial charge is 0.465 e. The fourth-order valence-electron chi connectivity index (χ4n) is 2.51. The van der Waals surface area contributed by atoms with Crippen molar-refractivity contribution >= 4 is 11.8 Å². The van der Waals surface area contributed by atoms with Crippen molar-refractivity contribution in [2.75, 3.05) is 19.8 Å². The second-order valence-corrected chi connectivity index (χ2v) is 5.40. The van der Waals surface area contributed by atoms with Crippen LogP contribution in [0, 0.1) is 5.92 Å². The Morgan fingerprint density at radius 3 is 2.45 bits per heavy atom. The summed E-state index contributed by atoms with van der Waals surface area (Å²) >= 11 is 0. The van der Waals surface area contributed by atoms with Gasteiger partial charge in [0.1, 0.15) is 5.92 Å². The number of ether oxygens (including phenoxy) is 3. The molecule has 1 atom stereocenters. The molecule has 5 nitrogen and oxygen atoms in total. The number of carbonyl (C=O) groups is 2. The summed E-state index contributed by atoms with van der Waals surface area (Å²) in [5.41, 5.74) is 0.513. The predicted octanol–water partition coefficient (Wildman–Crippen LogP) is 2.59. The van der Waals surface area contributed by atoms with E-state index in [4.69, 9.17) is 14.2 Å². The van der Waals surface area contributed by atoms with Crippen molar-refractivity contribution in [1.29, 1.82) is 0 Å². The molecule has 1 unspecified atom stereocenters. The molecule has 0 saturated carbocycles. The van der Waals surface area contributed by atoms with Crippen LogP contribution >= 0.6 is 0 Å². The molecular weight excluding hydrogens is 284 g/mol. The Morgan fingerprint density at radius 1 is 1.23 bits per heavy atom. The van der Waals surface area contributed by atoms with E-state index < -0.39 is 17.7 Å². The van der Waals surface area contributed by atoms with Crippen LogP contribution in [0.2, 0.25) is 0 Å². The van der Waals surface area contributed by atoms with Crippen molar-refractivity contribution in [1.82, 2.24) is 0 Å². The van der Waals surface area contributed by atoms with Crippen LogP contribution in [-0.2, 0) is 19.0 Å². The Hall–Kier alpha value is -1.72. The standard InChI is InChI=1S/C17H22O5/c1-3-20-16(19)14(9-10-17(2)21-11-12-22-17)15(18)13-7-5-4-6-8-13/h4-8,14H,3,9-12H2,1-2H3. The van der Waals surface area contributed by atoms with E-state index >= 15 is 0 Å². The predicted molar refractivity (Wildman–Crippen MR) is 80.4 cm³/mol. The summed E-state index contributed by atoms with van der Waals surface area (Å²) < 4.78 is 16.1. The van der Waals surface area contributed by atoms with E-state index in [1.54, 1.807) is 31.2 Å². The quantitative estimate of drug-likeness (QED) is 0.440. The number of hydrogen-bond donors (Lipinski definition) is 0. The minimum Gasteiger partial charge on any atom is -0.465 e. The van der Waals surface area contributed by atoms with Crippen molar-refractivity contribution in [3.8, 4) is 0 Å². The van der Waals surface area contributed by atoms with Crippen LogP contribution in [-0.4, -0.2) is 37.4 Å². The summed E-state index contributed by atoms with van der Waals surface area (Å²) in [7, 11) is 0. The molecule has 0 radical (unpaired) electrons. The summed E-state index contributed by atoms with van der Waals surface area (Å²) in [6.45, 7) is 4.88. The molecule has 1 aromatic carbocycles. The highest BCUT2D eigenvalue weighted by molar-refractivity contribution is 6.08. The lowest BCUT2D eigenvalue weighted by Crippen LogP contribution is -2.31. The van der Waals surface area contributed by atoms with Crippen molar-refractivity contribution < 1.29 is 23.8 Å². The van der Waals surface area contributed by atoms with Gasteiger partial charge in [0.05, 0.1) is 19.8 Å². The van der Waals surface area contributed by atoms with Gasteiger partial charge in [0.25, 0.3) is 0 Å². The monoisotopic (exact) mass is 306 g/mol. The maximum atomic E-state index is 12.6. The second kappa shape index (κ2) is 7.51. The molecule has 2 rings (SSSR count). The molecule has 22 heavy (non-hydrogen) atoms. The van der Waals surface area contributed by atoms with Crippen LogP contribution in [0.4, 0.5) is 0 Å².